The Labute approximate surface area is 106 Å². The number of aliphatic hydroxyl groups is 1. The molecule has 0 aliphatic heterocycles. The Morgan fingerprint density at radius 3 is 2.83 bits per heavy atom. The quantitative estimate of drug-likeness (QED) is 0.868. The molecule has 0 spiro atoms. The van der Waals surface area contributed by atoms with E-state index in [1.165, 1.54) is 0 Å². The first-order valence-corrected chi connectivity index (χ1v) is 6.13. The standard InChI is InChI=1S/C14H18N2O2/c1-3-10(9-17)14(18)15-12-8-16(2)13-7-5-4-6-11(12)13/h4-8,10,17H,3,9H2,1-2H3,(H,15,18). The lowest BCUT2D eigenvalue weighted by Gasteiger charge is -2.11. The molecule has 0 bridgehead atoms. The molecular weight excluding hydrogens is 228 g/mol. The predicted molar refractivity (Wildman–Crippen MR) is 72.4 cm³/mol. The number of aromatic nitrogens is 1. The van der Waals surface area contributed by atoms with E-state index in [9.17, 15) is 4.79 Å². The van der Waals surface area contributed by atoms with E-state index >= 15 is 0 Å². The number of nitrogens with zero attached hydrogens (tertiary/aromatic N) is 1. The maximum Gasteiger partial charge on any atom is 0.229 e. The minimum Gasteiger partial charge on any atom is -0.396 e. The van der Waals surface area contributed by atoms with Crippen LogP contribution in [0.2, 0.25) is 0 Å². The predicted octanol–water partition coefficient (Wildman–Crippen LogP) is 2.14. The molecule has 1 atom stereocenters. The molecule has 96 valence electrons. The Morgan fingerprint density at radius 2 is 2.17 bits per heavy atom. The average molecular weight is 246 g/mol. The molecule has 4 heteroatoms. The zero-order chi connectivity index (χ0) is 13.1. The number of hydrogen-bond donors (Lipinski definition) is 2. The number of nitrogens with one attached hydrogen (secondary N) is 1. The first-order valence-electron chi connectivity index (χ1n) is 6.13. The van der Waals surface area contributed by atoms with E-state index < -0.39 is 0 Å². The zero-order valence-electron chi connectivity index (χ0n) is 10.7. The lowest BCUT2D eigenvalue weighted by atomic mass is 10.1. The Hall–Kier alpha value is -1.81. The summed E-state index contributed by atoms with van der Waals surface area (Å²) in [4.78, 5) is 11.9. The van der Waals surface area contributed by atoms with Gasteiger partial charge in [-0.25, -0.2) is 0 Å². The third-order valence-electron chi connectivity index (χ3n) is 3.24. The minimum absolute atomic E-state index is 0.118. The normalized spacial score (nSPS) is 12.6. The summed E-state index contributed by atoms with van der Waals surface area (Å²) >= 11 is 0. The van der Waals surface area contributed by atoms with E-state index in [2.05, 4.69) is 5.32 Å². The van der Waals surface area contributed by atoms with Crippen LogP contribution in [0.15, 0.2) is 30.5 Å². The summed E-state index contributed by atoms with van der Waals surface area (Å²) in [6.07, 6.45) is 2.53. The molecule has 18 heavy (non-hydrogen) atoms. The van der Waals surface area contributed by atoms with Crippen molar-refractivity contribution in [3.8, 4) is 0 Å². The number of hydrogen-bond acceptors (Lipinski definition) is 2. The summed E-state index contributed by atoms with van der Waals surface area (Å²) in [5.74, 6) is -0.472. The van der Waals surface area contributed by atoms with Crippen molar-refractivity contribution >= 4 is 22.5 Å². The van der Waals surface area contributed by atoms with E-state index in [4.69, 9.17) is 5.11 Å². The number of fused-ring (bicyclic) bond motifs is 1. The third-order valence-corrected chi connectivity index (χ3v) is 3.24. The van der Waals surface area contributed by atoms with Crippen molar-refractivity contribution in [3.63, 3.8) is 0 Å². The van der Waals surface area contributed by atoms with Crippen LogP contribution < -0.4 is 5.32 Å². The van der Waals surface area contributed by atoms with Gasteiger partial charge in [-0.1, -0.05) is 25.1 Å². The zero-order valence-corrected chi connectivity index (χ0v) is 10.7. The van der Waals surface area contributed by atoms with Gasteiger partial charge in [0.05, 0.1) is 18.2 Å². The van der Waals surface area contributed by atoms with E-state index in [-0.39, 0.29) is 18.4 Å². The van der Waals surface area contributed by atoms with E-state index in [0.29, 0.717) is 6.42 Å². The number of para-hydroxylation sites is 1. The maximum absolute atomic E-state index is 11.9. The molecule has 1 amide bonds. The van der Waals surface area contributed by atoms with Crippen LogP contribution >= 0.6 is 0 Å². The highest BCUT2D eigenvalue weighted by Gasteiger charge is 2.17. The molecule has 4 nitrogen and oxygen atoms in total. The molecule has 0 radical (unpaired) electrons. The second kappa shape index (κ2) is 5.23. The van der Waals surface area contributed by atoms with Crippen molar-refractivity contribution in [1.29, 1.82) is 0 Å². The Bertz CT molecular complexity index is 556. The second-order valence-electron chi connectivity index (χ2n) is 4.45. The fourth-order valence-electron chi connectivity index (χ4n) is 2.07. The van der Waals surface area contributed by atoms with Crippen LogP contribution in [0, 0.1) is 5.92 Å². The molecule has 0 aliphatic rings. The van der Waals surface area contributed by atoms with Gasteiger partial charge in [-0.2, -0.15) is 0 Å². The van der Waals surface area contributed by atoms with Crippen molar-refractivity contribution in [2.24, 2.45) is 13.0 Å². The molecule has 1 aromatic carbocycles. The molecule has 0 fully saturated rings. The van der Waals surface area contributed by atoms with Gasteiger partial charge >= 0.3 is 0 Å². The molecule has 0 saturated heterocycles. The van der Waals surface area contributed by atoms with Gasteiger partial charge < -0.3 is 15.0 Å². The average Bonchev–Trinajstić information content (AvgIpc) is 2.69. The van der Waals surface area contributed by atoms with Crippen LogP contribution in [0.1, 0.15) is 13.3 Å². The maximum atomic E-state index is 11.9. The highest BCUT2D eigenvalue weighted by molar-refractivity contribution is 6.02. The van der Waals surface area contributed by atoms with Crippen molar-refractivity contribution in [2.45, 2.75) is 13.3 Å². The fourth-order valence-corrected chi connectivity index (χ4v) is 2.07. The van der Waals surface area contributed by atoms with Gasteiger partial charge in [-0.3, -0.25) is 4.79 Å². The first-order chi connectivity index (χ1) is 8.67. The Balaban J connectivity index is 2.30. The Morgan fingerprint density at radius 1 is 1.44 bits per heavy atom. The number of benzene rings is 1. The fraction of sp³-hybridized carbons (Fsp3) is 0.357. The summed E-state index contributed by atoms with van der Waals surface area (Å²) in [7, 11) is 1.95. The van der Waals surface area contributed by atoms with E-state index in [0.717, 1.165) is 16.6 Å². The molecule has 1 aromatic heterocycles. The Kier molecular flexibility index (Phi) is 3.67. The van der Waals surface area contributed by atoms with Crippen LogP contribution in [0.3, 0.4) is 0 Å². The second-order valence-corrected chi connectivity index (χ2v) is 4.45. The third kappa shape index (κ3) is 2.24. The van der Waals surface area contributed by atoms with Crippen LogP contribution in [-0.2, 0) is 11.8 Å². The lowest BCUT2D eigenvalue weighted by Crippen LogP contribution is -2.24. The van der Waals surface area contributed by atoms with Crippen molar-refractivity contribution in [2.75, 3.05) is 11.9 Å². The van der Waals surface area contributed by atoms with Crippen LogP contribution in [-0.4, -0.2) is 22.2 Å². The van der Waals surface area contributed by atoms with Gasteiger partial charge in [0.15, 0.2) is 0 Å². The van der Waals surface area contributed by atoms with Crippen LogP contribution in [0.4, 0.5) is 5.69 Å². The summed E-state index contributed by atoms with van der Waals surface area (Å²) in [6.45, 7) is 1.77. The number of carbonyl (C=O) groups is 1. The van der Waals surface area contributed by atoms with Crippen LogP contribution in [0.5, 0.6) is 0 Å². The molecule has 0 saturated carbocycles. The summed E-state index contributed by atoms with van der Waals surface area (Å²) < 4.78 is 1.98. The molecule has 1 unspecified atom stereocenters. The molecule has 2 rings (SSSR count). The van der Waals surface area contributed by atoms with E-state index in [1.54, 1.807) is 0 Å². The van der Waals surface area contributed by atoms with Gasteiger partial charge in [0.1, 0.15) is 0 Å². The number of carbonyl (C=O) groups excluding carboxylic acids is 1. The first kappa shape index (κ1) is 12.6. The number of aryl methyl sites for hydroxylation is 1. The molecule has 2 aromatic rings. The number of rotatable bonds is 4. The molecule has 1 heterocycles. The summed E-state index contributed by atoms with van der Waals surface area (Å²) in [5, 5.41) is 13.0. The summed E-state index contributed by atoms with van der Waals surface area (Å²) in [5.41, 5.74) is 1.87. The highest BCUT2D eigenvalue weighted by atomic mass is 16.3. The topological polar surface area (TPSA) is 54.3 Å². The monoisotopic (exact) mass is 246 g/mol. The van der Waals surface area contributed by atoms with Crippen molar-refractivity contribution in [1.82, 2.24) is 4.57 Å². The number of aliphatic hydroxyl groups excluding tert-OH is 1. The van der Waals surface area contributed by atoms with Gasteiger partial charge in [0.2, 0.25) is 5.91 Å². The smallest absolute Gasteiger partial charge is 0.229 e. The van der Waals surface area contributed by atoms with Gasteiger partial charge in [0.25, 0.3) is 0 Å². The van der Waals surface area contributed by atoms with Crippen LogP contribution in [0.25, 0.3) is 10.9 Å². The van der Waals surface area contributed by atoms with Crippen molar-refractivity contribution in [3.05, 3.63) is 30.5 Å². The SMILES string of the molecule is CCC(CO)C(=O)Nc1cn(C)c2ccccc12. The number of anilines is 1. The number of amides is 1. The minimum atomic E-state index is -0.344. The molecular formula is C14H18N2O2. The molecule has 0 aliphatic carbocycles. The van der Waals surface area contributed by atoms with Gasteiger partial charge in [0, 0.05) is 24.1 Å². The van der Waals surface area contributed by atoms with E-state index in [1.807, 2.05) is 49.0 Å². The molecule has 2 N–H and O–H groups in total. The largest absolute Gasteiger partial charge is 0.396 e. The van der Waals surface area contributed by atoms with Gasteiger partial charge in [-0.05, 0) is 12.5 Å². The van der Waals surface area contributed by atoms with Gasteiger partial charge in [-0.15, -0.1) is 0 Å². The van der Waals surface area contributed by atoms with Crippen molar-refractivity contribution < 1.29 is 9.90 Å². The lowest BCUT2D eigenvalue weighted by molar-refractivity contribution is -0.121. The summed E-state index contributed by atoms with van der Waals surface area (Å²) in [6, 6.07) is 7.90. The highest BCUT2D eigenvalue weighted by Crippen LogP contribution is 2.25.